The van der Waals surface area contributed by atoms with E-state index >= 15 is 0 Å². The Hall–Kier alpha value is -1.45. The predicted octanol–water partition coefficient (Wildman–Crippen LogP) is 5.51. The fraction of sp³-hybridized carbons (Fsp3) is 0. The summed E-state index contributed by atoms with van der Waals surface area (Å²) in [6, 6.07) is 15.6. The molecule has 2 rings (SSSR count). The topological polar surface area (TPSA) is 17.1 Å². The van der Waals surface area contributed by atoms with Crippen molar-refractivity contribution >= 4 is 49.8 Å². The number of ketones is 1. The molecule has 0 aliphatic heterocycles. The minimum absolute atomic E-state index is 0.0371. The average molecular weight is 392 g/mol. The van der Waals surface area contributed by atoms with Crippen LogP contribution in [0, 0.1) is 0 Å². The Labute approximate surface area is 135 Å². The number of benzene rings is 2. The molecule has 0 radical (unpaired) electrons. The molecule has 0 N–H and O–H groups in total. The van der Waals surface area contributed by atoms with Gasteiger partial charge < -0.3 is 0 Å². The summed E-state index contributed by atoms with van der Waals surface area (Å²) < 4.78 is 1.99. The van der Waals surface area contributed by atoms with Crippen LogP contribution in [-0.4, -0.2) is 5.78 Å². The van der Waals surface area contributed by atoms with Crippen LogP contribution in [0.4, 0.5) is 0 Å². The smallest absolute Gasteiger partial charge is 0.178 e. The molecule has 2 aromatic rings. The van der Waals surface area contributed by atoms with Crippen molar-refractivity contribution in [2.75, 3.05) is 0 Å². The van der Waals surface area contributed by atoms with E-state index in [0.717, 1.165) is 20.1 Å². The van der Waals surface area contributed by atoms with Gasteiger partial charge in [0, 0.05) is 8.95 Å². The van der Waals surface area contributed by atoms with Crippen LogP contribution in [0.25, 0.3) is 12.2 Å². The number of carbonyl (C=O) groups excluding carboxylic acids is 1. The number of hydrogen-bond donors (Lipinski definition) is 0. The van der Waals surface area contributed by atoms with Crippen molar-refractivity contribution in [3.05, 3.63) is 80.8 Å². The average Bonchev–Trinajstić information content (AvgIpc) is 2.43. The van der Waals surface area contributed by atoms with E-state index in [1.807, 2.05) is 48.5 Å². The second-order valence-corrected chi connectivity index (χ2v) is 6.01. The third-order valence-electron chi connectivity index (χ3n) is 2.58. The van der Waals surface area contributed by atoms with Crippen molar-refractivity contribution in [1.82, 2.24) is 0 Å². The van der Waals surface area contributed by atoms with Crippen molar-refractivity contribution in [2.24, 2.45) is 0 Å². The zero-order valence-electron chi connectivity index (χ0n) is 10.6. The third kappa shape index (κ3) is 4.91. The van der Waals surface area contributed by atoms with Gasteiger partial charge in [-0.2, -0.15) is 0 Å². The summed E-state index contributed by atoms with van der Waals surface area (Å²) in [6.07, 6.45) is 6.74. The van der Waals surface area contributed by atoms with Gasteiger partial charge in [0.15, 0.2) is 5.78 Å². The van der Waals surface area contributed by atoms with Crippen LogP contribution >= 0.6 is 31.9 Å². The van der Waals surface area contributed by atoms with Crippen molar-refractivity contribution in [2.45, 2.75) is 0 Å². The monoisotopic (exact) mass is 390 g/mol. The maximum Gasteiger partial charge on any atom is 0.178 e. The van der Waals surface area contributed by atoms with Crippen LogP contribution < -0.4 is 0 Å². The Morgan fingerprint density at radius 3 is 1.65 bits per heavy atom. The number of carbonyl (C=O) groups is 1. The Kier molecular flexibility index (Phi) is 5.50. The molecule has 0 spiro atoms. The zero-order chi connectivity index (χ0) is 14.4. The Morgan fingerprint density at radius 1 is 0.800 bits per heavy atom. The third-order valence-corrected chi connectivity index (χ3v) is 3.56. The highest BCUT2D eigenvalue weighted by Crippen LogP contribution is 2.14. The van der Waals surface area contributed by atoms with Crippen LogP contribution in [-0.2, 0) is 4.79 Å². The first-order chi connectivity index (χ1) is 9.63. The van der Waals surface area contributed by atoms with E-state index in [4.69, 9.17) is 0 Å². The van der Waals surface area contributed by atoms with Crippen molar-refractivity contribution in [3.8, 4) is 0 Å². The highest BCUT2D eigenvalue weighted by molar-refractivity contribution is 9.10. The molecule has 0 unspecified atom stereocenters. The van der Waals surface area contributed by atoms with Gasteiger partial charge in [0.2, 0.25) is 0 Å². The lowest BCUT2D eigenvalue weighted by Gasteiger charge is -1.94. The fourth-order valence-electron chi connectivity index (χ4n) is 1.63. The molecule has 0 amide bonds. The Morgan fingerprint density at radius 2 is 1.25 bits per heavy atom. The minimum Gasteiger partial charge on any atom is -0.290 e. The van der Waals surface area contributed by atoms with Crippen molar-refractivity contribution in [3.63, 3.8) is 0 Å². The first-order valence-electron chi connectivity index (χ1n) is 6.05. The fourth-order valence-corrected chi connectivity index (χ4v) is 2.47. The van der Waals surface area contributed by atoms with E-state index in [0.29, 0.717) is 0 Å². The molecule has 0 saturated heterocycles. The summed E-state index contributed by atoms with van der Waals surface area (Å²) in [5.41, 5.74) is 1.98. The molecule has 0 aliphatic carbocycles. The lowest BCUT2D eigenvalue weighted by molar-refractivity contribution is -0.110. The summed E-state index contributed by atoms with van der Waals surface area (Å²) >= 11 is 6.80. The summed E-state index contributed by atoms with van der Waals surface area (Å²) in [7, 11) is 0. The number of halogens is 2. The molecule has 0 heterocycles. The van der Waals surface area contributed by atoms with Gasteiger partial charge in [-0.15, -0.1) is 0 Å². The van der Waals surface area contributed by atoms with Crippen LogP contribution in [0.15, 0.2) is 69.6 Å². The maximum atomic E-state index is 11.8. The molecular weight excluding hydrogens is 380 g/mol. The number of rotatable bonds is 4. The molecule has 0 atom stereocenters. The molecule has 0 saturated carbocycles. The first kappa shape index (κ1) is 14.9. The first-order valence-corrected chi connectivity index (χ1v) is 7.63. The van der Waals surface area contributed by atoms with E-state index in [1.54, 1.807) is 24.3 Å². The maximum absolute atomic E-state index is 11.8. The molecule has 20 heavy (non-hydrogen) atoms. The molecule has 0 aliphatic rings. The second kappa shape index (κ2) is 7.36. The predicted molar refractivity (Wildman–Crippen MR) is 91.4 cm³/mol. The molecular formula is C17H12Br2O. The highest BCUT2D eigenvalue weighted by atomic mass is 79.9. The molecule has 0 aromatic heterocycles. The van der Waals surface area contributed by atoms with E-state index in [-0.39, 0.29) is 5.78 Å². The molecule has 100 valence electrons. The summed E-state index contributed by atoms with van der Waals surface area (Å²) in [5.74, 6) is -0.0371. The summed E-state index contributed by atoms with van der Waals surface area (Å²) in [5, 5.41) is 0. The van der Waals surface area contributed by atoms with Gasteiger partial charge in [-0.1, -0.05) is 68.3 Å². The molecule has 2 aromatic carbocycles. The summed E-state index contributed by atoms with van der Waals surface area (Å²) in [6.45, 7) is 0. The minimum atomic E-state index is -0.0371. The standard InChI is InChI=1S/C17H12Br2O/c18-15-5-1-3-13(11-15)7-9-17(20)10-8-14-4-2-6-16(19)12-14/h1-12H/b9-7+,10-8+. The van der Waals surface area contributed by atoms with E-state index in [2.05, 4.69) is 31.9 Å². The van der Waals surface area contributed by atoms with Gasteiger partial charge in [0.05, 0.1) is 0 Å². The quantitative estimate of drug-likeness (QED) is 0.628. The zero-order valence-corrected chi connectivity index (χ0v) is 13.8. The largest absolute Gasteiger partial charge is 0.290 e. The molecule has 0 bridgehead atoms. The Bertz CT molecular complexity index is 615. The van der Waals surface area contributed by atoms with Gasteiger partial charge in [-0.3, -0.25) is 4.79 Å². The summed E-state index contributed by atoms with van der Waals surface area (Å²) in [4.78, 5) is 11.8. The number of hydrogen-bond acceptors (Lipinski definition) is 1. The highest BCUT2D eigenvalue weighted by Gasteiger charge is 1.93. The van der Waals surface area contributed by atoms with Crippen molar-refractivity contribution < 1.29 is 4.79 Å². The van der Waals surface area contributed by atoms with Gasteiger partial charge in [0.25, 0.3) is 0 Å². The molecule has 3 heteroatoms. The van der Waals surface area contributed by atoms with Gasteiger partial charge >= 0.3 is 0 Å². The molecule has 1 nitrogen and oxygen atoms in total. The van der Waals surface area contributed by atoms with Crippen LogP contribution in [0.5, 0.6) is 0 Å². The van der Waals surface area contributed by atoms with Gasteiger partial charge in [-0.05, 0) is 47.5 Å². The van der Waals surface area contributed by atoms with Crippen LogP contribution in [0.2, 0.25) is 0 Å². The SMILES string of the molecule is O=C(/C=C/c1cccc(Br)c1)/C=C/c1cccc(Br)c1. The van der Waals surface area contributed by atoms with Gasteiger partial charge in [0.1, 0.15) is 0 Å². The van der Waals surface area contributed by atoms with E-state index in [1.165, 1.54) is 0 Å². The van der Waals surface area contributed by atoms with Crippen molar-refractivity contribution in [1.29, 1.82) is 0 Å². The van der Waals surface area contributed by atoms with Crippen LogP contribution in [0.1, 0.15) is 11.1 Å². The Balaban J connectivity index is 2.02. The van der Waals surface area contributed by atoms with Gasteiger partial charge in [-0.25, -0.2) is 0 Å². The number of allylic oxidation sites excluding steroid dienone is 2. The van der Waals surface area contributed by atoms with Crippen LogP contribution in [0.3, 0.4) is 0 Å². The lowest BCUT2D eigenvalue weighted by atomic mass is 10.1. The van der Waals surface area contributed by atoms with E-state index < -0.39 is 0 Å². The molecule has 0 fully saturated rings. The lowest BCUT2D eigenvalue weighted by Crippen LogP contribution is -1.85. The normalized spacial score (nSPS) is 11.3. The second-order valence-electron chi connectivity index (χ2n) is 4.18. The van der Waals surface area contributed by atoms with E-state index in [9.17, 15) is 4.79 Å².